The van der Waals surface area contributed by atoms with Crippen molar-refractivity contribution >= 4 is 0 Å². The molecule has 0 spiro atoms. The third-order valence-electron chi connectivity index (χ3n) is 2.34. The molecule has 16 heavy (non-hydrogen) atoms. The quantitative estimate of drug-likeness (QED) is 0.777. The summed E-state index contributed by atoms with van der Waals surface area (Å²) in [7, 11) is 1.94. The van der Waals surface area contributed by atoms with E-state index < -0.39 is 0 Å². The van der Waals surface area contributed by atoms with Crippen LogP contribution in [0.5, 0.6) is 5.75 Å². The van der Waals surface area contributed by atoms with Crippen molar-refractivity contribution in [1.29, 1.82) is 0 Å². The Morgan fingerprint density at radius 1 is 1.31 bits per heavy atom. The van der Waals surface area contributed by atoms with Crippen molar-refractivity contribution in [3.63, 3.8) is 0 Å². The van der Waals surface area contributed by atoms with Gasteiger partial charge in [-0.1, -0.05) is 20.8 Å². The van der Waals surface area contributed by atoms with E-state index in [2.05, 4.69) is 31.1 Å². The van der Waals surface area contributed by atoms with Crippen molar-refractivity contribution in [2.75, 3.05) is 20.2 Å². The van der Waals surface area contributed by atoms with Gasteiger partial charge in [-0.15, -0.1) is 0 Å². The van der Waals surface area contributed by atoms with E-state index >= 15 is 0 Å². The van der Waals surface area contributed by atoms with Crippen LogP contribution in [0.1, 0.15) is 32.9 Å². The summed E-state index contributed by atoms with van der Waals surface area (Å²) in [5.74, 6) is 0.851. The fourth-order valence-corrected chi connectivity index (χ4v) is 1.35. The second kappa shape index (κ2) is 5.85. The van der Waals surface area contributed by atoms with E-state index in [0.717, 1.165) is 31.0 Å². The normalized spacial score (nSPS) is 11.5. The third-order valence-corrected chi connectivity index (χ3v) is 2.34. The predicted molar refractivity (Wildman–Crippen MR) is 67.0 cm³/mol. The summed E-state index contributed by atoms with van der Waals surface area (Å²) < 4.78 is 5.57. The fourth-order valence-electron chi connectivity index (χ4n) is 1.35. The minimum absolute atomic E-state index is 0.102. The van der Waals surface area contributed by atoms with Crippen molar-refractivity contribution in [2.24, 2.45) is 0 Å². The molecule has 3 nitrogen and oxygen atoms in total. The molecular weight excluding hydrogens is 200 g/mol. The number of ether oxygens (including phenoxy) is 1. The van der Waals surface area contributed by atoms with E-state index in [9.17, 15) is 0 Å². The highest BCUT2D eigenvalue weighted by atomic mass is 16.5. The van der Waals surface area contributed by atoms with Gasteiger partial charge in [0.05, 0.1) is 12.8 Å². The average molecular weight is 222 g/mol. The van der Waals surface area contributed by atoms with Crippen LogP contribution in [0.25, 0.3) is 0 Å². The van der Waals surface area contributed by atoms with Crippen LogP contribution in [0.15, 0.2) is 18.3 Å². The number of nitrogens with zero attached hydrogens (tertiary/aromatic N) is 1. The van der Waals surface area contributed by atoms with Crippen molar-refractivity contribution in [1.82, 2.24) is 10.3 Å². The minimum Gasteiger partial charge on any atom is -0.492 e. The molecule has 1 heterocycles. The summed E-state index contributed by atoms with van der Waals surface area (Å²) in [5.41, 5.74) is 1.19. The van der Waals surface area contributed by atoms with Gasteiger partial charge in [0.15, 0.2) is 0 Å². The van der Waals surface area contributed by atoms with Gasteiger partial charge >= 0.3 is 0 Å². The van der Waals surface area contributed by atoms with Crippen LogP contribution < -0.4 is 10.1 Å². The van der Waals surface area contributed by atoms with Gasteiger partial charge in [0, 0.05) is 11.1 Å². The molecule has 1 rings (SSSR count). The molecule has 0 aliphatic rings. The van der Waals surface area contributed by atoms with Gasteiger partial charge in [-0.05, 0) is 32.1 Å². The van der Waals surface area contributed by atoms with Crippen LogP contribution in [0.3, 0.4) is 0 Å². The highest BCUT2D eigenvalue weighted by molar-refractivity contribution is 5.23. The Kier molecular flexibility index (Phi) is 4.74. The van der Waals surface area contributed by atoms with E-state index in [-0.39, 0.29) is 5.41 Å². The number of pyridine rings is 1. The Balaban J connectivity index is 2.46. The van der Waals surface area contributed by atoms with Crippen LogP contribution in [-0.2, 0) is 5.41 Å². The maximum absolute atomic E-state index is 5.57. The summed E-state index contributed by atoms with van der Waals surface area (Å²) in [6.07, 6.45) is 2.82. The van der Waals surface area contributed by atoms with E-state index in [1.54, 1.807) is 6.20 Å². The Morgan fingerprint density at radius 2 is 2.06 bits per heavy atom. The Labute approximate surface area is 98.2 Å². The van der Waals surface area contributed by atoms with Gasteiger partial charge < -0.3 is 10.1 Å². The summed E-state index contributed by atoms with van der Waals surface area (Å²) >= 11 is 0. The zero-order valence-corrected chi connectivity index (χ0v) is 10.7. The molecule has 1 aromatic rings. The molecule has 90 valence electrons. The summed E-state index contributed by atoms with van der Waals surface area (Å²) in [4.78, 5) is 4.41. The Morgan fingerprint density at radius 3 is 2.56 bits per heavy atom. The summed E-state index contributed by atoms with van der Waals surface area (Å²) in [5, 5.41) is 3.09. The molecule has 0 aromatic carbocycles. The van der Waals surface area contributed by atoms with Gasteiger partial charge in [0.25, 0.3) is 0 Å². The lowest BCUT2D eigenvalue weighted by atomic mass is 9.92. The maximum atomic E-state index is 5.57. The predicted octanol–water partition coefficient (Wildman–Crippen LogP) is 2.37. The molecular formula is C13H22N2O. The molecule has 0 unspecified atom stereocenters. The first kappa shape index (κ1) is 13.0. The van der Waals surface area contributed by atoms with Crippen molar-refractivity contribution in [3.8, 4) is 5.75 Å². The molecule has 0 radical (unpaired) electrons. The highest BCUT2D eigenvalue weighted by Gasteiger charge is 2.14. The number of hydrogen-bond donors (Lipinski definition) is 1. The lowest BCUT2D eigenvalue weighted by Gasteiger charge is -2.17. The van der Waals surface area contributed by atoms with Crippen molar-refractivity contribution in [2.45, 2.75) is 32.6 Å². The van der Waals surface area contributed by atoms with Crippen LogP contribution >= 0.6 is 0 Å². The standard InChI is InChI=1S/C13H22N2O/c1-13(2,3)12-7-6-11(10-15-12)16-9-5-8-14-4/h6-7,10,14H,5,8-9H2,1-4H3. The summed E-state index contributed by atoms with van der Waals surface area (Å²) in [6.45, 7) is 8.18. The van der Waals surface area contributed by atoms with E-state index in [4.69, 9.17) is 4.74 Å². The van der Waals surface area contributed by atoms with Crippen LogP contribution in [0, 0.1) is 0 Å². The first-order chi connectivity index (χ1) is 7.54. The largest absolute Gasteiger partial charge is 0.492 e. The fraction of sp³-hybridized carbons (Fsp3) is 0.615. The average Bonchev–Trinajstić information content (AvgIpc) is 2.24. The van der Waals surface area contributed by atoms with Gasteiger partial charge in [-0.25, -0.2) is 0 Å². The van der Waals surface area contributed by atoms with E-state index in [1.165, 1.54) is 0 Å². The number of rotatable bonds is 5. The van der Waals surface area contributed by atoms with E-state index in [1.807, 2.05) is 19.2 Å². The number of hydrogen-bond acceptors (Lipinski definition) is 3. The molecule has 0 bridgehead atoms. The summed E-state index contributed by atoms with van der Waals surface area (Å²) in [6, 6.07) is 4.03. The zero-order valence-electron chi connectivity index (χ0n) is 10.7. The first-order valence-electron chi connectivity index (χ1n) is 5.78. The lowest BCUT2D eigenvalue weighted by Crippen LogP contribution is -2.14. The first-order valence-corrected chi connectivity index (χ1v) is 5.78. The smallest absolute Gasteiger partial charge is 0.137 e. The van der Waals surface area contributed by atoms with Gasteiger partial charge in [0.2, 0.25) is 0 Å². The molecule has 0 aliphatic heterocycles. The second-order valence-electron chi connectivity index (χ2n) is 4.93. The van der Waals surface area contributed by atoms with Gasteiger partial charge in [-0.3, -0.25) is 4.98 Å². The van der Waals surface area contributed by atoms with Crippen LogP contribution in [0.4, 0.5) is 0 Å². The topological polar surface area (TPSA) is 34.1 Å². The molecule has 0 fully saturated rings. The van der Waals surface area contributed by atoms with Gasteiger partial charge in [0.1, 0.15) is 5.75 Å². The molecule has 0 saturated carbocycles. The maximum Gasteiger partial charge on any atom is 0.137 e. The number of aromatic nitrogens is 1. The monoisotopic (exact) mass is 222 g/mol. The van der Waals surface area contributed by atoms with Crippen molar-refractivity contribution in [3.05, 3.63) is 24.0 Å². The molecule has 1 aromatic heterocycles. The highest BCUT2D eigenvalue weighted by Crippen LogP contribution is 2.21. The molecule has 3 heteroatoms. The Hall–Kier alpha value is -1.09. The SMILES string of the molecule is CNCCCOc1ccc(C(C)(C)C)nc1. The molecule has 0 aliphatic carbocycles. The number of nitrogens with one attached hydrogen (secondary N) is 1. The lowest BCUT2D eigenvalue weighted by molar-refractivity contribution is 0.308. The molecule has 1 N–H and O–H groups in total. The van der Waals surface area contributed by atoms with Crippen LogP contribution in [0.2, 0.25) is 0 Å². The third kappa shape index (κ3) is 4.19. The minimum atomic E-state index is 0.102. The molecule has 0 amide bonds. The molecule has 0 saturated heterocycles. The van der Waals surface area contributed by atoms with E-state index in [0.29, 0.717) is 0 Å². The van der Waals surface area contributed by atoms with Gasteiger partial charge in [-0.2, -0.15) is 0 Å². The zero-order chi connectivity index (χ0) is 12.0. The Bertz CT molecular complexity index is 301. The van der Waals surface area contributed by atoms with Crippen LogP contribution in [-0.4, -0.2) is 25.2 Å². The second-order valence-corrected chi connectivity index (χ2v) is 4.93. The molecule has 0 atom stereocenters. The van der Waals surface area contributed by atoms with Crippen molar-refractivity contribution < 1.29 is 4.74 Å².